The smallest absolute Gasteiger partial charge is 0.259 e. The van der Waals surface area contributed by atoms with Crippen LogP contribution in [0.5, 0.6) is 0 Å². The van der Waals surface area contributed by atoms with Crippen LogP contribution in [0.4, 0.5) is 10.1 Å². The van der Waals surface area contributed by atoms with Crippen LogP contribution in [-0.4, -0.2) is 48.8 Å². The number of anilines is 1. The van der Waals surface area contributed by atoms with Crippen molar-refractivity contribution in [3.63, 3.8) is 0 Å². The molecule has 0 unspecified atom stereocenters. The predicted octanol–water partition coefficient (Wildman–Crippen LogP) is 5.12. The van der Waals surface area contributed by atoms with Crippen molar-refractivity contribution < 1.29 is 23.5 Å². The molecule has 3 aromatic carbocycles. The monoisotopic (exact) mass is 504 g/mol. The van der Waals surface area contributed by atoms with Gasteiger partial charge in [-0.25, -0.2) is 4.39 Å². The summed E-state index contributed by atoms with van der Waals surface area (Å²) in [5.41, 5.74) is 2.07. The van der Waals surface area contributed by atoms with Gasteiger partial charge in [0.2, 0.25) is 0 Å². The summed E-state index contributed by atoms with van der Waals surface area (Å²) in [5.74, 6) is -1.26. The van der Waals surface area contributed by atoms with Crippen LogP contribution >= 0.6 is 11.8 Å². The van der Waals surface area contributed by atoms with Crippen LogP contribution in [0.15, 0.2) is 76.5 Å². The standard InChI is InChI=1S/C28H25FN2O4S/c29-22-7-3-1-5-20(22)18-31-23-17-19(26(32)30-13-11-28(12-14-30)34-15-16-35-28)9-10-25(23)36-24-8-4-2-6-21(24)27(31)33/h1-10,17H,11-16,18H2. The second-order valence-electron chi connectivity index (χ2n) is 9.16. The Hall–Kier alpha value is -3.20. The number of carbonyl (C=O) groups is 2. The number of piperidine rings is 1. The third-order valence-corrected chi connectivity index (χ3v) is 8.13. The predicted molar refractivity (Wildman–Crippen MR) is 134 cm³/mol. The summed E-state index contributed by atoms with van der Waals surface area (Å²) in [6.45, 7) is 2.31. The van der Waals surface area contributed by atoms with Gasteiger partial charge in [0.15, 0.2) is 5.79 Å². The number of hydrogen-bond acceptors (Lipinski definition) is 5. The fourth-order valence-corrected chi connectivity index (χ4v) is 6.08. The number of fused-ring (bicyclic) bond motifs is 2. The Kier molecular flexibility index (Phi) is 6.03. The second kappa shape index (κ2) is 9.35. The van der Waals surface area contributed by atoms with Gasteiger partial charge in [0, 0.05) is 46.8 Å². The van der Waals surface area contributed by atoms with Gasteiger partial charge in [0.25, 0.3) is 11.8 Å². The van der Waals surface area contributed by atoms with Crippen molar-refractivity contribution >= 4 is 29.3 Å². The van der Waals surface area contributed by atoms with E-state index in [1.165, 1.54) is 17.8 Å². The number of hydrogen-bond donors (Lipinski definition) is 0. The third-order valence-electron chi connectivity index (χ3n) is 6.99. The largest absolute Gasteiger partial charge is 0.347 e. The van der Waals surface area contributed by atoms with Gasteiger partial charge in [-0.05, 0) is 36.4 Å². The molecule has 0 aromatic heterocycles. The number of likely N-dealkylation sites (tertiary alicyclic amines) is 1. The van der Waals surface area contributed by atoms with E-state index in [9.17, 15) is 14.0 Å². The lowest BCUT2D eigenvalue weighted by Gasteiger charge is -2.37. The Labute approximate surface area is 213 Å². The van der Waals surface area contributed by atoms with E-state index in [-0.39, 0.29) is 24.2 Å². The fourth-order valence-electron chi connectivity index (χ4n) is 5.03. The summed E-state index contributed by atoms with van der Waals surface area (Å²) < 4.78 is 26.2. The van der Waals surface area contributed by atoms with E-state index in [1.54, 1.807) is 46.2 Å². The van der Waals surface area contributed by atoms with Crippen molar-refractivity contribution in [3.8, 4) is 0 Å². The van der Waals surface area contributed by atoms with Crippen LogP contribution in [0.2, 0.25) is 0 Å². The summed E-state index contributed by atoms with van der Waals surface area (Å²) in [4.78, 5) is 32.2. The molecule has 6 nitrogen and oxygen atoms in total. The molecule has 36 heavy (non-hydrogen) atoms. The first-order valence-corrected chi connectivity index (χ1v) is 12.9. The number of ether oxygens (including phenoxy) is 2. The molecule has 6 rings (SSSR count). The van der Waals surface area contributed by atoms with Gasteiger partial charge in [-0.2, -0.15) is 0 Å². The molecule has 1 spiro atoms. The highest BCUT2D eigenvalue weighted by Gasteiger charge is 2.41. The molecule has 0 radical (unpaired) electrons. The highest BCUT2D eigenvalue weighted by atomic mass is 32.2. The molecule has 3 aliphatic heterocycles. The maximum absolute atomic E-state index is 14.6. The first-order valence-electron chi connectivity index (χ1n) is 12.1. The lowest BCUT2D eigenvalue weighted by molar-refractivity contribution is -0.181. The zero-order valence-corrected chi connectivity index (χ0v) is 20.4. The molecule has 0 aliphatic carbocycles. The fraction of sp³-hybridized carbons (Fsp3) is 0.286. The average Bonchev–Trinajstić information content (AvgIpc) is 3.32. The van der Waals surface area contributed by atoms with Crippen molar-refractivity contribution in [3.05, 3.63) is 89.2 Å². The average molecular weight is 505 g/mol. The minimum absolute atomic E-state index is 0.0615. The Morgan fingerprint density at radius 1 is 0.944 bits per heavy atom. The van der Waals surface area contributed by atoms with Crippen LogP contribution in [0.25, 0.3) is 0 Å². The number of rotatable bonds is 3. The molecular formula is C28H25FN2O4S. The Balaban J connectivity index is 1.34. The molecule has 8 heteroatoms. The number of carbonyl (C=O) groups excluding carboxylic acids is 2. The Morgan fingerprint density at radius 3 is 2.44 bits per heavy atom. The number of amides is 2. The molecule has 184 valence electrons. The number of halogens is 1. The molecule has 0 bridgehead atoms. The topological polar surface area (TPSA) is 59.1 Å². The van der Waals surface area contributed by atoms with Gasteiger partial charge in [-0.15, -0.1) is 0 Å². The molecule has 3 aliphatic rings. The van der Waals surface area contributed by atoms with Crippen LogP contribution in [-0.2, 0) is 16.0 Å². The van der Waals surface area contributed by atoms with Crippen LogP contribution in [0.1, 0.15) is 39.1 Å². The van der Waals surface area contributed by atoms with Crippen molar-refractivity contribution in [2.75, 3.05) is 31.2 Å². The van der Waals surface area contributed by atoms with Gasteiger partial charge < -0.3 is 19.3 Å². The summed E-state index contributed by atoms with van der Waals surface area (Å²) in [6, 6.07) is 19.3. The summed E-state index contributed by atoms with van der Waals surface area (Å²) in [7, 11) is 0. The van der Waals surface area contributed by atoms with Crippen molar-refractivity contribution in [1.29, 1.82) is 0 Å². The van der Waals surface area contributed by atoms with E-state index in [2.05, 4.69) is 0 Å². The summed E-state index contributed by atoms with van der Waals surface area (Å²) in [6.07, 6.45) is 1.26. The van der Waals surface area contributed by atoms with E-state index in [4.69, 9.17) is 9.47 Å². The molecule has 2 saturated heterocycles. The van der Waals surface area contributed by atoms with Crippen LogP contribution in [0, 0.1) is 5.82 Å². The van der Waals surface area contributed by atoms with Crippen molar-refractivity contribution in [2.24, 2.45) is 0 Å². The molecule has 0 atom stereocenters. The van der Waals surface area contributed by atoms with Crippen molar-refractivity contribution in [2.45, 2.75) is 35.0 Å². The van der Waals surface area contributed by atoms with Crippen LogP contribution < -0.4 is 4.90 Å². The molecule has 0 N–H and O–H groups in total. The molecule has 2 amide bonds. The van der Waals surface area contributed by atoms with E-state index in [0.717, 1.165) is 9.79 Å². The molecular weight excluding hydrogens is 479 g/mol. The van der Waals surface area contributed by atoms with Gasteiger partial charge >= 0.3 is 0 Å². The van der Waals surface area contributed by atoms with Gasteiger partial charge in [-0.1, -0.05) is 42.1 Å². The Morgan fingerprint density at radius 2 is 1.67 bits per heavy atom. The van der Waals surface area contributed by atoms with Crippen molar-refractivity contribution in [1.82, 2.24) is 4.90 Å². The first-order chi connectivity index (χ1) is 17.5. The van der Waals surface area contributed by atoms with Gasteiger partial charge in [0.05, 0.1) is 31.0 Å². The van der Waals surface area contributed by atoms with Gasteiger partial charge in [0.1, 0.15) is 5.82 Å². The third kappa shape index (κ3) is 4.19. The lowest BCUT2D eigenvalue weighted by Crippen LogP contribution is -2.47. The second-order valence-corrected chi connectivity index (χ2v) is 10.2. The molecule has 3 heterocycles. The first kappa shape index (κ1) is 23.2. The minimum Gasteiger partial charge on any atom is -0.347 e. The van der Waals surface area contributed by atoms with Crippen LogP contribution in [0.3, 0.4) is 0 Å². The Bertz CT molecular complexity index is 1330. The summed E-state index contributed by atoms with van der Waals surface area (Å²) in [5, 5.41) is 0. The van der Waals surface area contributed by atoms with E-state index in [1.807, 2.05) is 24.3 Å². The summed E-state index contributed by atoms with van der Waals surface area (Å²) >= 11 is 1.48. The highest BCUT2D eigenvalue weighted by molar-refractivity contribution is 7.99. The van der Waals surface area contributed by atoms with E-state index < -0.39 is 5.79 Å². The zero-order chi connectivity index (χ0) is 24.7. The van der Waals surface area contributed by atoms with E-state index >= 15 is 0 Å². The van der Waals surface area contributed by atoms with Gasteiger partial charge in [-0.3, -0.25) is 9.59 Å². The normalized spacial score (nSPS) is 18.6. The number of nitrogens with zero attached hydrogens (tertiary/aromatic N) is 2. The maximum atomic E-state index is 14.6. The maximum Gasteiger partial charge on any atom is 0.259 e. The SMILES string of the molecule is O=C(c1ccc2c(c1)N(Cc1ccccc1F)C(=O)c1ccccc1S2)N1CCC2(CC1)OCCO2. The molecule has 0 saturated carbocycles. The molecule has 2 fully saturated rings. The lowest BCUT2D eigenvalue weighted by atomic mass is 10.0. The quantitative estimate of drug-likeness (QED) is 0.496. The highest BCUT2D eigenvalue weighted by Crippen LogP contribution is 2.42. The zero-order valence-electron chi connectivity index (χ0n) is 19.6. The van der Waals surface area contributed by atoms with E-state index in [0.29, 0.717) is 61.5 Å². The molecule has 3 aromatic rings. The number of benzene rings is 3. The minimum atomic E-state index is -0.560.